The molecule has 0 aliphatic carbocycles. The highest BCUT2D eigenvalue weighted by Gasteiger charge is 2.31. The molecule has 1 atom stereocenters. The molecule has 1 N–H and O–H groups in total. The minimum atomic E-state index is -3.39. The van der Waals surface area contributed by atoms with Gasteiger partial charge < -0.3 is 5.32 Å². The van der Waals surface area contributed by atoms with E-state index in [1.54, 1.807) is 18.4 Å². The average Bonchev–Trinajstić information content (AvgIpc) is 2.62. The number of hydrogen-bond donors (Lipinski definition) is 1. The maximum absolute atomic E-state index is 12.4. The highest BCUT2D eigenvalue weighted by Crippen LogP contribution is 2.28. The molecular weight excluding hydrogens is 350 g/mol. The Kier molecular flexibility index (Phi) is 5.55. The van der Waals surface area contributed by atoms with Gasteiger partial charge in [-0.2, -0.15) is 17.0 Å². The summed E-state index contributed by atoms with van der Waals surface area (Å²) in [6.45, 7) is 2.96. The molecule has 140 valence electrons. The van der Waals surface area contributed by atoms with E-state index in [1.807, 2.05) is 43.3 Å². The van der Waals surface area contributed by atoms with E-state index >= 15 is 0 Å². The van der Waals surface area contributed by atoms with Gasteiger partial charge in [0, 0.05) is 44.5 Å². The molecule has 2 aromatic heterocycles. The normalized spacial score (nSPS) is 18.8. The fourth-order valence-electron chi connectivity index (χ4n) is 3.12. The first-order valence-corrected chi connectivity index (χ1v) is 10.1. The summed E-state index contributed by atoms with van der Waals surface area (Å²) in [6, 6.07) is 11.6. The lowest BCUT2D eigenvalue weighted by Gasteiger charge is -2.33. The fourth-order valence-corrected chi connectivity index (χ4v) is 4.31. The zero-order valence-electron chi connectivity index (χ0n) is 15.4. The third-order valence-electron chi connectivity index (χ3n) is 4.51. The van der Waals surface area contributed by atoms with Crippen molar-refractivity contribution in [2.45, 2.75) is 25.7 Å². The van der Waals surface area contributed by atoms with Crippen LogP contribution in [0.4, 0.5) is 11.6 Å². The van der Waals surface area contributed by atoms with Crippen LogP contribution < -0.4 is 5.32 Å². The predicted octanol–water partition coefficient (Wildman–Crippen LogP) is 2.51. The Morgan fingerprint density at radius 3 is 2.50 bits per heavy atom. The van der Waals surface area contributed by atoms with Gasteiger partial charge in [0.05, 0.1) is 0 Å². The highest BCUT2D eigenvalue weighted by atomic mass is 32.2. The molecule has 0 radical (unpaired) electrons. The van der Waals surface area contributed by atoms with E-state index in [2.05, 4.69) is 10.3 Å². The largest absolute Gasteiger partial charge is 0.325 e. The molecule has 1 aliphatic heterocycles. The number of piperidine rings is 1. The molecule has 0 amide bonds. The van der Waals surface area contributed by atoms with E-state index in [0.29, 0.717) is 18.9 Å². The monoisotopic (exact) mass is 375 g/mol. The smallest absolute Gasteiger partial charge is 0.281 e. The second-order valence-corrected chi connectivity index (χ2v) is 8.87. The zero-order valence-corrected chi connectivity index (χ0v) is 16.2. The minimum absolute atomic E-state index is 0.0886. The third-order valence-corrected chi connectivity index (χ3v) is 6.41. The fraction of sp³-hybridized carbons (Fsp3) is 0.444. The maximum Gasteiger partial charge on any atom is 0.281 e. The van der Waals surface area contributed by atoms with Gasteiger partial charge in [-0.15, -0.1) is 0 Å². The van der Waals surface area contributed by atoms with Crippen LogP contribution in [0.2, 0.25) is 0 Å². The van der Waals surface area contributed by atoms with Crippen molar-refractivity contribution in [3.8, 4) is 0 Å². The van der Waals surface area contributed by atoms with Gasteiger partial charge in [0.15, 0.2) is 0 Å². The van der Waals surface area contributed by atoms with Crippen LogP contribution in [0.5, 0.6) is 0 Å². The summed E-state index contributed by atoms with van der Waals surface area (Å²) in [6.07, 6.45) is 1.76. The Morgan fingerprint density at radius 1 is 1.12 bits per heavy atom. The Hall–Kier alpha value is -2.03. The van der Waals surface area contributed by atoms with Crippen molar-refractivity contribution in [2.75, 3.05) is 32.5 Å². The molecule has 8 heteroatoms. The standard InChI is InChI=1S/C18H25N5O2S/c1-14-7-4-10-17(19-14)21-18-11-5-9-16(20-18)15-8-6-12-23(13-15)26(24,25)22(2)3/h4-5,7,9-11,15H,6,8,12-13H2,1-3H3,(H,19,20,21)/t15-/m0/s1. The SMILES string of the molecule is Cc1cccc(Nc2cccc([C@H]3CCCN(S(=O)(=O)N(C)C)C3)n2)n1. The maximum atomic E-state index is 12.4. The van der Waals surface area contributed by atoms with E-state index < -0.39 is 10.2 Å². The second-order valence-electron chi connectivity index (χ2n) is 6.72. The van der Waals surface area contributed by atoms with E-state index in [0.717, 1.165) is 30.0 Å². The molecule has 3 rings (SSSR count). The molecule has 1 fully saturated rings. The Bertz CT molecular complexity index is 869. The molecule has 1 saturated heterocycles. The van der Waals surface area contributed by atoms with Crippen LogP contribution in [0.1, 0.15) is 30.1 Å². The molecule has 2 aromatic rings. The van der Waals surface area contributed by atoms with Crippen molar-refractivity contribution < 1.29 is 8.42 Å². The topological polar surface area (TPSA) is 78.4 Å². The van der Waals surface area contributed by atoms with Gasteiger partial charge in [0.1, 0.15) is 11.6 Å². The second kappa shape index (κ2) is 7.69. The van der Waals surface area contributed by atoms with Gasteiger partial charge in [-0.25, -0.2) is 9.97 Å². The molecule has 0 aromatic carbocycles. The Morgan fingerprint density at radius 2 is 1.81 bits per heavy atom. The average molecular weight is 375 g/mol. The number of aromatic nitrogens is 2. The number of hydrogen-bond acceptors (Lipinski definition) is 5. The van der Waals surface area contributed by atoms with Gasteiger partial charge in [-0.1, -0.05) is 12.1 Å². The van der Waals surface area contributed by atoms with Gasteiger partial charge in [0.2, 0.25) is 0 Å². The summed E-state index contributed by atoms with van der Waals surface area (Å²) >= 11 is 0. The Labute approximate surface area is 155 Å². The number of rotatable bonds is 5. The van der Waals surface area contributed by atoms with Crippen LogP contribution in [0.3, 0.4) is 0 Å². The summed E-state index contributed by atoms with van der Waals surface area (Å²) in [4.78, 5) is 9.13. The molecule has 3 heterocycles. The van der Waals surface area contributed by atoms with Crippen molar-refractivity contribution in [1.82, 2.24) is 18.6 Å². The predicted molar refractivity (Wildman–Crippen MR) is 103 cm³/mol. The molecule has 7 nitrogen and oxygen atoms in total. The minimum Gasteiger partial charge on any atom is -0.325 e. The van der Waals surface area contributed by atoms with Gasteiger partial charge in [-0.05, 0) is 44.0 Å². The summed E-state index contributed by atoms with van der Waals surface area (Å²) in [7, 11) is -0.259. The third kappa shape index (κ3) is 4.20. The van der Waals surface area contributed by atoms with Crippen LogP contribution in [0, 0.1) is 6.92 Å². The van der Waals surface area contributed by atoms with Crippen molar-refractivity contribution in [3.05, 3.63) is 47.8 Å². The van der Waals surface area contributed by atoms with Crippen molar-refractivity contribution >= 4 is 21.8 Å². The molecular formula is C18H25N5O2S. The molecule has 0 bridgehead atoms. The molecule has 0 unspecified atom stereocenters. The van der Waals surface area contributed by atoms with Gasteiger partial charge in [0.25, 0.3) is 10.2 Å². The summed E-state index contributed by atoms with van der Waals surface area (Å²) in [5.74, 6) is 1.55. The van der Waals surface area contributed by atoms with E-state index in [9.17, 15) is 8.42 Å². The number of nitrogens with one attached hydrogen (secondary N) is 1. The first-order chi connectivity index (χ1) is 12.4. The molecule has 26 heavy (non-hydrogen) atoms. The number of aryl methyl sites for hydroxylation is 1. The lowest BCUT2D eigenvalue weighted by Crippen LogP contribution is -2.45. The summed E-state index contributed by atoms with van der Waals surface area (Å²) in [5.41, 5.74) is 1.84. The first-order valence-electron chi connectivity index (χ1n) is 8.71. The van der Waals surface area contributed by atoms with Crippen LogP contribution in [-0.2, 0) is 10.2 Å². The summed E-state index contributed by atoms with van der Waals surface area (Å²) in [5, 5.41) is 3.22. The van der Waals surface area contributed by atoms with Gasteiger partial charge >= 0.3 is 0 Å². The van der Waals surface area contributed by atoms with E-state index in [-0.39, 0.29) is 5.92 Å². The van der Waals surface area contributed by atoms with E-state index in [4.69, 9.17) is 4.98 Å². The number of pyridine rings is 2. The van der Waals surface area contributed by atoms with Gasteiger partial charge in [-0.3, -0.25) is 0 Å². The zero-order chi connectivity index (χ0) is 18.7. The van der Waals surface area contributed by atoms with E-state index in [1.165, 1.54) is 4.31 Å². The van der Waals surface area contributed by atoms with Crippen LogP contribution >= 0.6 is 0 Å². The Balaban J connectivity index is 1.77. The number of anilines is 2. The lowest BCUT2D eigenvalue weighted by molar-refractivity contribution is 0.296. The van der Waals surface area contributed by atoms with Crippen LogP contribution in [0.15, 0.2) is 36.4 Å². The number of nitrogens with zero attached hydrogens (tertiary/aromatic N) is 4. The van der Waals surface area contributed by atoms with Crippen LogP contribution in [0.25, 0.3) is 0 Å². The van der Waals surface area contributed by atoms with Crippen molar-refractivity contribution in [2.24, 2.45) is 0 Å². The first kappa shape index (κ1) is 18.8. The molecule has 0 spiro atoms. The van der Waals surface area contributed by atoms with Crippen LogP contribution in [-0.4, -0.2) is 54.2 Å². The molecule has 0 saturated carbocycles. The molecule has 1 aliphatic rings. The highest BCUT2D eigenvalue weighted by molar-refractivity contribution is 7.86. The summed E-state index contributed by atoms with van der Waals surface area (Å²) < 4.78 is 27.6. The van der Waals surface area contributed by atoms with Crippen molar-refractivity contribution in [1.29, 1.82) is 0 Å². The quantitative estimate of drug-likeness (QED) is 0.869. The van der Waals surface area contributed by atoms with Crippen molar-refractivity contribution in [3.63, 3.8) is 0 Å². The lowest BCUT2D eigenvalue weighted by atomic mass is 9.95.